The molecule has 0 spiro atoms. The van der Waals surface area contributed by atoms with E-state index in [1.807, 2.05) is 29.0 Å². The third-order valence-corrected chi connectivity index (χ3v) is 3.62. The van der Waals surface area contributed by atoms with Crippen molar-refractivity contribution in [2.24, 2.45) is 0 Å². The van der Waals surface area contributed by atoms with E-state index in [-0.39, 0.29) is 5.60 Å². The summed E-state index contributed by atoms with van der Waals surface area (Å²) in [7, 11) is 0. The molecular weight excluding hydrogens is 226 g/mol. The molecule has 2 aromatic rings. The Hall–Kier alpha value is -1.39. The molecule has 0 saturated carbocycles. The van der Waals surface area contributed by atoms with Gasteiger partial charge in [-0.3, -0.25) is 0 Å². The first-order chi connectivity index (χ1) is 8.77. The third kappa shape index (κ3) is 2.26. The number of rotatable bonds is 4. The molecule has 1 fully saturated rings. The fraction of sp³-hybridized carbons (Fsp3) is 0.500. The number of ether oxygens (including phenoxy) is 1. The Kier molecular flexibility index (Phi) is 3.06. The molecule has 96 valence electrons. The Labute approximate surface area is 107 Å². The molecule has 0 aromatic carbocycles. The van der Waals surface area contributed by atoms with Crippen molar-refractivity contribution in [2.75, 3.05) is 13.2 Å². The number of fused-ring (bicyclic) bond motifs is 1. The van der Waals surface area contributed by atoms with Gasteiger partial charge in [0.1, 0.15) is 0 Å². The molecule has 3 heterocycles. The highest BCUT2D eigenvalue weighted by atomic mass is 16.5. The van der Waals surface area contributed by atoms with Crippen molar-refractivity contribution in [3.8, 4) is 0 Å². The van der Waals surface area contributed by atoms with Gasteiger partial charge in [-0.1, -0.05) is 6.07 Å². The fourth-order valence-electron chi connectivity index (χ4n) is 2.56. The monoisotopic (exact) mass is 245 g/mol. The summed E-state index contributed by atoms with van der Waals surface area (Å²) in [5.41, 5.74) is 2.42. The summed E-state index contributed by atoms with van der Waals surface area (Å²) < 4.78 is 7.67. The lowest BCUT2D eigenvalue weighted by molar-refractivity contribution is 0.0207. The van der Waals surface area contributed by atoms with Gasteiger partial charge in [0, 0.05) is 31.5 Å². The van der Waals surface area contributed by atoms with Gasteiger partial charge in [-0.05, 0) is 31.9 Å². The lowest BCUT2D eigenvalue weighted by Crippen LogP contribution is -2.36. The normalized spacial score (nSPS) is 23.8. The number of hydrogen-bond acceptors (Lipinski definition) is 3. The van der Waals surface area contributed by atoms with Crippen molar-refractivity contribution < 1.29 is 4.74 Å². The lowest BCUT2D eigenvalue weighted by Gasteiger charge is -2.23. The van der Waals surface area contributed by atoms with Crippen LogP contribution in [0.5, 0.6) is 0 Å². The molecule has 1 atom stereocenters. The number of hydrogen-bond donors (Lipinski definition) is 1. The summed E-state index contributed by atoms with van der Waals surface area (Å²) in [6.07, 6.45) is 6.23. The number of aromatic nitrogens is 2. The first-order valence-corrected chi connectivity index (χ1v) is 6.53. The minimum atomic E-state index is 0.0168. The summed E-state index contributed by atoms with van der Waals surface area (Å²) in [5, 5.41) is 7.82. The van der Waals surface area contributed by atoms with Crippen LogP contribution in [0.1, 0.15) is 25.3 Å². The summed E-state index contributed by atoms with van der Waals surface area (Å²) >= 11 is 0. The van der Waals surface area contributed by atoms with Crippen LogP contribution in [0.4, 0.5) is 0 Å². The van der Waals surface area contributed by atoms with Crippen LogP contribution in [0.2, 0.25) is 0 Å². The molecule has 1 saturated heterocycles. The van der Waals surface area contributed by atoms with Crippen LogP contribution in [0.3, 0.4) is 0 Å². The first-order valence-electron chi connectivity index (χ1n) is 6.53. The Bertz CT molecular complexity index is 529. The highest BCUT2D eigenvalue weighted by Gasteiger charge is 2.28. The van der Waals surface area contributed by atoms with Gasteiger partial charge in [0.25, 0.3) is 0 Å². The Morgan fingerprint density at radius 1 is 1.50 bits per heavy atom. The maximum absolute atomic E-state index is 5.76. The van der Waals surface area contributed by atoms with Crippen LogP contribution in [0.25, 0.3) is 5.52 Å². The molecule has 4 nitrogen and oxygen atoms in total. The largest absolute Gasteiger partial charge is 0.374 e. The molecule has 0 amide bonds. The number of nitrogens with zero attached hydrogens (tertiary/aromatic N) is 2. The van der Waals surface area contributed by atoms with Crippen molar-refractivity contribution in [3.63, 3.8) is 0 Å². The summed E-state index contributed by atoms with van der Waals surface area (Å²) in [4.78, 5) is 0. The molecule has 4 heteroatoms. The summed E-state index contributed by atoms with van der Waals surface area (Å²) in [6, 6.07) is 6.13. The number of pyridine rings is 1. The standard InChI is InChI=1S/C14H19N3O/c1-14(6-4-8-18-14)11-15-9-12-10-16-17-7-3-2-5-13(12)17/h2-3,5,7,10,15H,4,6,8-9,11H2,1H3. The maximum atomic E-state index is 5.76. The third-order valence-electron chi connectivity index (χ3n) is 3.62. The summed E-state index contributed by atoms with van der Waals surface area (Å²) in [6.45, 7) is 4.82. The SMILES string of the molecule is CC1(CNCc2cnn3ccccc23)CCCO1. The molecule has 18 heavy (non-hydrogen) atoms. The van der Waals surface area contributed by atoms with Gasteiger partial charge < -0.3 is 10.1 Å². The van der Waals surface area contributed by atoms with Crippen molar-refractivity contribution in [3.05, 3.63) is 36.2 Å². The Morgan fingerprint density at radius 2 is 2.44 bits per heavy atom. The number of nitrogens with one attached hydrogen (secondary N) is 1. The van der Waals surface area contributed by atoms with E-state index in [0.29, 0.717) is 0 Å². The van der Waals surface area contributed by atoms with Crippen LogP contribution in [0.15, 0.2) is 30.6 Å². The zero-order valence-corrected chi connectivity index (χ0v) is 10.7. The molecule has 0 radical (unpaired) electrons. The smallest absolute Gasteiger partial charge is 0.0779 e. The van der Waals surface area contributed by atoms with Crippen LogP contribution in [-0.4, -0.2) is 28.4 Å². The van der Waals surface area contributed by atoms with E-state index in [1.165, 1.54) is 17.5 Å². The molecule has 2 aromatic heterocycles. The summed E-state index contributed by atoms with van der Waals surface area (Å²) in [5.74, 6) is 0. The maximum Gasteiger partial charge on any atom is 0.0779 e. The molecule has 1 N–H and O–H groups in total. The van der Waals surface area contributed by atoms with Crippen LogP contribution in [-0.2, 0) is 11.3 Å². The van der Waals surface area contributed by atoms with Crippen molar-refractivity contribution in [2.45, 2.75) is 31.9 Å². The van der Waals surface area contributed by atoms with Crippen LogP contribution in [0, 0.1) is 0 Å². The predicted octanol–water partition coefficient (Wildman–Crippen LogP) is 1.99. The predicted molar refractivity (Wildman–Crippen MR) is 70.5 cm³/mol. The molecule has 1 aliphatic rings. The van der Waals surface area contributed by atoms with Crippen LogP contribution >= 0.6 is 0 Å². The minimum absolute atomic E-state index is 0.0168. The van der Waals surface area contributed by atoms with E-state index in [0.717, 1.165) is 26.1 Å². The van der Waals surface area contributed by atoms with Crippen molar-refractivity contribution in [1.82, 2.24) is 14.9 Å². The molecular formula is C14H19N3O. The topological polar surface area (TPSA) is 38.6 Å². The molecule has 1 aliphatic heterocycles. The second-order valence-corrected chi connectivity index (χ2v) is 5.21. The highest BCUT2D eigenvalue weighted by Crippen LogP contribution is 2.24. The van der Waals surface area contributed by atoms with Crippen molar-refractivity contribution in [1.29, 1.82) is 0 Å². The van der Waals surface area contributed by atoms with E-state index < -0.39 is 0 Å². The van der Waals surface area contributed by atoms with E-state index in [1.54, 1.807) is 0 Å². The molecule has 0 aliphatic carbocycles. The molecule has 3 rings (SSSR count). The van der Waals surface area contributed by atoms with E-state index >= 15 is 0 Å². The van der Waals surface area contributed by atoms with Gasteiger partial charge in [0.05, 0.1) is 17.3 Å². The zero-order chi connectivity index (χ0) is 12.4. The Morgan fingerprint density at radius 3 is 3.28 bits per heavy atom. The van der Waals surface area contributed by atoms with Gasteiger partial charge in [-0.25, -0.2) is 4.52 Å². The lowest BCUT2D eigenvalue weighted by atomic mass is 10.0. The van der Waals surface area contributed by atoms with E-state index in [2.05, 4.69) is 23.4 Å². The zero-order valence-electron chi connectivity index (χ0n) is 10.7. The molecule has 0 bridgehead atoms. The van der Waals surface area contributed by atoms with Crippen LogP contribution < -0.4 is 5.32 Å². The van der Waals surface area contributed by atoms with E-state index in [9.17, 15) is 0 Å². The quantitative estimate of drug-likeness (QED) is 0.895. The average molecular weight is 245 g/mol. The first kappa shape index (κ1) is 11.7. The van der Waals surface area contributed by atoms with Gasteiger partial charge >= 0.3 is 0 Å². The highest BCUT2D eigenvalue weighted by molar-refractivity contribution is 5.53. The minimum Gasteiger partial charge on any atom is -0.374 e. The fourth-order valence-corrected chi connectivity index (χ4v) is 2.56. The second-order valence-electron chi connectivity index (χ2n) is 5.21. The van der Waals surface area contributed by atoms with E-state index in [4.69, 9.17) is 4.74 Å². The van der Waals surface area contributed by atoms with Gasteiger partial charge in [0.15, 0.2) is 0 Å². The second kappa shape index (κ2) is 4.71. The van der Waals surface area contributed by atoms with Gasteiger partial charge in [0.2, 0.25) is 0 Å². The molecule has 1 unspecified atom stereocenters. The van der Waals surface area contributed by atoms with Gasteiger partial charge in [-0.15, -0.1) is 0 Å². The Balaban J connectivity index is 1.63. The van der Waals surface area contributed by atoms with Gasteiger partial charge in [-0.2, -0.15) is 5.10 Å². The average Bonchev–Trinajstić information content (AvgIpc) is 2.97. The van der Waals surface area contributed by atoms with Crippen molar-refractivity contribution >= 4 is 5.52 Å².